The van der Waals surface area contributed by atoms with Crippen LogP contribution in [0.5, 0.6) is 5.75 Å². The molecule has 6 nitrogen and oxygen atoms in total. The standard InChI is InChI=1S/C20H20N2O4/c1-25-12-6-7-15-14(11-12)16-13-5-2-3-8-21-9-4-10-22(18(13)21)19(23)17(16)20(24)26-15/h6-7,11H,2-5,8-10H2,1H3. The van der Waals surface area contributed by atoms with Gasteiger partial charge in [-0.2, -0.15) is 0 Å². The average molecular weight is 352 g/mol. The molecule has 6 heteroatoms. The third kappa shape index (κ3) is 2.04. The van der Waals surface area contributed by atoms with Crippen molar-refractivity contribution in [2.45, 2.75) is 32.2 Å². The van der Waals surface area contributed by atoms with Gasteiger partial charge in [-0.25, -0.2) is 4.79 Å². The van der Waals surface area contributed by atoms with E-state index in [1.165, 1.54) is 0 Å². The average Bonchev–Trinajstić information content (AvgIpc) is 2.88. The third-order valence-electron chi connectivity index (χ3n) is 5.61. The van der Waals surface area contributed by atoms with Crippen LogP contribution in [-0.2, 0) is 13.0 Å². The van der Waals surface area contributed by atoms with Gasteiger partial charge in [0.1, 0.15) is 22.5 Å². The number of pyridine rings is 1. The van der Waals surface area contributed by atoms with E-state index in [9.17, 15) is 9.59 Å². The zero-order valence-electron chi connectivity index (χ0n) is 14.7. The van der Waals surface area contributed by atoms with Crippen LogP contribution in [0.25, 0.3) is 21.7 Å². The summed E-state index contributed by atoms with van der Waals surface area (Å²) in [6, 6.07) is 5.38. The highest BCUT2D eigenvalue weighted by atomic mass is 16.5. The van der Waals surface area contributed by atoms with Gasteiger partial charge in [-0.3, -0.25) is 9.36 Å². The maximum Gasteiger partial charge on any atom is 0.349 e. The van der Waals surface area contributed by atoms with Gasteiger partial charge in [0.05, 0.1) is 7.11 Å². The number of nitrogens with zero attached hydrogens (tertiary/aromatic N) is 2. The molecule has 26 heavy (non-hydrogen) atoms. The first-order valence-corrected chi connectivity index (χ1v) is 9.14. The van der Waals surface area contributed by atoms with Crippen molar-refractivity contribution in [1.82, 2.24) is 4.57 Å². The largest absolute Gasteiger partial charge is 0.497 e. The minimum absolute atomic E-state index is 0.174. The second kappa shape index (κ2) is 5.62. The highest BCUT2D eigenvalue weighted by molar-refractivity contribution is 6.07. The van der Waals surface area contributed by atoms with E-state index in [2.05, 4.69) is 4.90 Å². The first-order valence-electron chi connectivity index (χ1n) is 9.14. The summed E-state index contributed by atoms with van der Waals surface area (Å²) in [5.74, 6) is 1.68. The van der Waals surface area contributed by atoms with Crippen molar-refractivity contribution in [3.05, 3.63) is 44.5 Å². The molecule has 0 atom stereocenters. The van der Waals surface area contributed by atoms with Crippen molar-refractivity contribution < 1.29 is 9.15 Å². The van der Waals surface area contributed by atoms with Crippen LogP contribution in [-0.4, -0.2) is 24.8 Å². The van der Waals surface area contributed by atoms with E-state index in [0.29, 0.717) is 17.9 Å². The maximum absolute atomic E-state index is 13.2. The molecule has 2 aliphatic heterocycles. The van der Waals surface area contributed by atoms with Crippen LogP contribution >= 0.6 is 0 Å². The Hall–Kier alpha value is -2.76. The molecule has 0 fully saturated rings. The topological polar surface area (TPSA) is 64.7 Å². The minimum atomic E-state index is -0.546. The molecule has 4 heterocycles. The monoisotopic (exact) mass is 352 g/mol. The molecule has 0 amide bonds. The summed E-state index contributed by atoms with van der Waals surface area (Å²) >= 11 is 0. The van der Waals surface area contributed by atoms with Gasteiger partial charge >= 0.3 is 5.63 Å². The number of fused-ring (bicyclic) bond motifs is 4. The lowest BCUT2D eigenvalue weighted by molar-refractivity contribution is 0.415. The summed E-state index contributed by atoms with van der Waals surface area (Å²) in [7, 11) is 1.61. The van der Waals surface area contributed by atoms with E-state index >= 15 is 0 Å². The van der Waals surface area contributed by atoms with Crippen molar-refractivity contribution >= 4 is 27.6 Å². The number of ether oxygens (including phenoxy) is 1. The van der Waals surface area contributed by atoms with Gasteiger partial charge in [0.2, 0.25) is 0 Å². The molecule has 1 aromatic carbocycles. The normalized spacial score (nSPS) is 16.6. The van der Waals surface area contributed by atoms with Gasteiger partial charge in [0.25, 0.3) is 5.56 Å². The Morgan fingerprint density at radius 3 is 2.73 bits per heavy atom. The Kier molecular flexibility index (Phi) is 3.35. The number of methoxy groups -OCH3 is 1. The Morgan fingerprint density at radius 1 is 1.04 bits per heavy atom. The van der Waals surface area contributed by atoms with E-state index in [1.807, 2.05) is 6.07 Å². The second-order valence-electron chi connectivity index (χ2n) is 7.06. The molecular weight excluding hydrogens is 332 g/mol. The fourth-order valence-electron chi connectivity index (χ4n) is 4.48. The second-order valence-corrected chi connectivity index (χ2v) is 7.06. The quantitative estimate of drug-likeness (QED) is 0.498. The summed E-state index contributed by atoms with van der Waals surface area (Å²) in [6.45, 7) is 2.57. The number of hydrogen-bond acceptors (Lipinski definition) is 5. The molecule has 0 saturated carbocycles. The van der Waals surface area contributed by atoms with Crippen LogP contribution in [0.3, 0.4) is 0 Å². The molecule has 0 aliphatic carbocycles. The van der Waals surface area contributed by atoms with E-state index < -0.39 is 5.63 Å². The lowest BCUT2D eigenvalue weighted by Gasteiger charge is -2.33. The van der Waals surface area contributed by atoms with Gasteiger partial charge in [-0.1, -0.05) is 0 Å². The van der Waals surface area contributed by atoms with E-state index in [-0.39, 0.29) is 10.9 Å². The van der Waals surface area contributed by atoms with Crippen molar-refractivity contribution in [2.24, 2.45) is 0 Å². The van der Waals surface area contributed by atoms with Crippen LogP contribution in [0.15, 0.2) is 32.2 Å². The number of hydrogen-bond donors (Lipinski definition) is 0. The SMILES string of the molecule is COc1ccc2oc(=O)c3c(=O)n4c5c(c3c2c1)CCCCN5CCC4. The Balaban J connectivity index is 2.04. The fraction of sp³-hybridized carbons (Fsp3) is 0.400. The van der Waals surface area contributed by atoms with Crippen LogP contribution in [0.1, 0.15) is 24.8 Å². The molecule has 0 N–H and O–H groups in total. The molecule has 0 bridgehead atoms. The molecule has 0 saturated heterocycles. The van der Waals surface area contributed by atoms with E-state index in [0.717, 1.165) is 60.9 Å². The molecule has 2 aromatic heterocycles. The minimum Gasteiger partial charge on any atom is -0.497 e. The number of anilines is 1. The smallest absolute Gasteiger partial charge is 0.349 e. The predicted molar refractivity (Wildman–Crippen MR) is 101 cm³/mol. The van der Waals surface area contributed by atoms with Gasteiger partial charge in [0, 0.05) is 36.0 Å². The van der Waals surface area contributed by atoms with E-state index in [4.69, 9.17) is 9.15 Å². The number of benzene rings is 1. The van der Waals surface area contributed by atoms with Crippen LogP contribution in [0.4, 0.5) is 5.82 Å². The highest BCUT2D eigenvalue weighted by Crippen LogP contribution is 2.36. The van der Waals surface area contributed by atoms with Crippen LogP contribution < -0.4 is 20.8 Å². The van der Waals surface area contributed by atoms with Gasteiger partial charge in [-0.15, -0.1) is 0 Å². The Bertz CT molecular complexity index is 1160. The Labute approximate surface area is 149 Å². The molecule has 2 aliphatic rings. The molecule has 0 radical (unpaired) electrons. The zero-order valence-corrected chi connectivity index (χ0v) is 14.7. The molecule has 0 spiro atoms. The molecule has 0 unspecified atom stereocenters. The molecule has 5 rings (SSSR count). The molecule has 3 aromatic rings. The van der Waals surface area contributed by atoms with Gasteiger partial charge in [-0.05, 0) is 43.9 Å². The first kappa shape index (κ1) is 15.5. The summed E-state index contributed by atoms with van der Waals surface area (Å²) in [6.07, 6.45) is 3.92. The fourth-order valence-corrected chi connectivity index (χ4v) is 4.48. The van der Waals surface area contributed by atoms with Crippen molar-refractivity contribution in [3.63, 3.8) is 0 Å². The van der Waals surface area contributed by atoms with Crippen LogP contribution in [0, 0.1) is 0 Å². The highest BCUT2D eigenvalue weighted by Gasteiger charge is 2.28. The van der Waals surface area contributed by atoms with E-state index in [1.54, 1.807) is 23.8 Å². The summed E-state index contributed by atoms with van der Waals surface area (Å²) in [5.41, 5.74) is 0.817. The van der Waals surface area contributed by atoms with Crippen molar-refractivity contribution in [3.8, 4) is 5.75 Å². The Morgan fingerprint density at radius 2 is 1.88 bits per heavy atom. The summed E-state index contributed by atoms with van der Waals surface area (Å²) in [5, 5.41) is 1.70. The van der Waals surface area contributed by atoms with Gasteiger partial charge < -0.3 is 14.1 Å². The summed E-state index contributed by atoms with van der Waals surface area (Å²) < 4.78 is 12.6. The lowest BCUT2D eigenvalue weighted by atomic mass is 9.99. The first-order chi connectivity index (χ1) is 12.7. The van der Waals surface area contributed by atoms with Crippen molar-refractivity contribution in [1.29, 1.82) is 0 Å². The number of rotatable bonds is 1. The third-order valence-corrected chi connectivity index (χ3v) is 5.61. The molecular formula is C20H20N2O4. The predicted octanol–water partition coefficient (Wildman–Crippen LogP) is 2.66. The van der Waals surface area contributed by atoms with Gasteiger partial charge in [0.15, 0.2) is 0 Å². The summed E-state index contributed by atoms with van der Waals surface area (Å²) in [4.78, 5) is 28.2. The zero-order chi connectivity index (χ0) is 17.8. The van der Waals surface area contributed by atoms with Crippen LogP contribution in [0.2, 0.25) is 0 Å². The van der Waals surface area contributed by atoms with Crippen molar-refractivity contribution in [2.75, 3.05) is 25.1 Å². The maximum atomic E-state index is 13.2. The molecule has 134 valence electrons. The number of aryl methyl sites for hydroxylation is 1. The number of aromatic nitrogens is 1. The lowest BCUT2D eigenvalue weighted by Crippen LogP contribution is -2.39.